The Morgan fingerprint density at radius 3 is 2.64 bits per heavy atom. The van der Waals surface area contributed by atoms with Gasteiger partial charge in [-0.05, 0) is 55.5 Å². The van der Waals surface area contributed by atoms with Gasteiger partial charge in [-0.3, -0.25) is 9.59 Å². The van der Waals surface area contributed by atoms with Crippen LogP contribution in [0.25, 0.3) is 5.69 Å². The average molecular weight is 465 g/mol. The topological polar surface area (TPSA) is 67.2 Å². The molecule has 2 amide bonds. The summed E-state index contributed by atoms with van der Waals surface area (Å²) in [6.07, 6.45) is 6.66. The number of aromatic nitrogens is 2. The van der Waals surface area contributed by atoms with Crippen LogP contribution in [0.15, 0.2) is 60.9 Å². The maximum atomic E-state index is 12.9. The minimum absolute atomic E-state index is 0.0494. The number of aryl methyl sites for hydroxylation is 1. The highest BCUT2D eigenvalue weighted by atomic mass is 35.5. The quantitative estimate of drug-likeness (QED) is 0.535. The van der Waals surface area contributed by atoms with E-state index in [1.807, 2.05) is 73.4 Å². The van der Waals surface area contributed by atoms with Crippen LogP contribution < -0.4 is 5.32 Å². The van der Waals surface area contributed by atoms with Crippen molar-refractivity contribution in [1.82, 2.24) is 20.0 Å². The molecule has 1 N–H and O–H groups in total. The number of nitrogens with one attached hydrogen (secondary N) is 1. The highest BCUT2D eigenvalue weighted by Crippen LogP contribution is 2.30. The molecule has 4 rings (SSSR count). The van der Waals surface area contributed by atoms with Crippen LogP contribution >= 0.6 is 11.6 Å². The third kappa shape index (κ3) is 5.63. The molecule has 6 nitrogen and oxygen atoms in total. The fourth-order valence-electron chi connectivity index (χ4n) is 4.47. The van der Waals surface area contributed by atoms with Gasteiger partial charge in [0, 0.05) is 48.8 Å². The fraction of sp³-hybridized carbons (Fsp3) is 0.346. The second-order valence-electron chi connectivity index (χ2n) is 8.96. The van der Waals surface area contributed by atoms with Crippen LogP contribution in [-0.4, -0.2) is 39.1 Å². The van der Waals surface area contributed by atoms with Gasteiger partial charge in [0.15, 0.2) is 0 Å². The van der Waals surface area contributed by atoms with Gasteiger partial charge in [0.05, 0.1) is 11.9 Å². The molecule has 1 atom stereocenters. The first-order valence-electron chi connectivity index (χ1n) is 11.2. The first kappa shape index (κ1) is 23.1. The number of hydrogen-bond donors (Lipinski definition) is 1. The predicted octanol–water partition coefficient (Wildman–Crippen LogP) is 4.46. The SMILES string of the molecule is Cc1ccccc1-n1cc(CN(C)C(=O)CC[C@]2(Cc3ccc(Cl)cc3)CCC(=O)N2)cn1. The summed E-state index contributed by atoms with van der Waals surface area (Å²) < 4.78 is 1.85. The van der Waals surface area contributed by atoms with Crippen LogP contribution in [0.1, 0.15) is 42.4 Å². The van der Waals surface area contributed by atoms with Crippen molar-refractivity contribution in [2.45, 2.75) is 51.1 Å². The van der Waals surface area contributed by atoms with Crippen molar-refractivity contribution in [3.05, 3.63) is 82.6 Å². The van der Waals surface area contributed by atoms with E-state index in [0.29, 0.717) is 37.3 Å². The van der Waals surface area contributed by atoms with Crippen molar-refractivity contribution in [2.24, 2.45) is 0 Å². The summed E-state index contributed by atoms with van der Waals surface area (Å²) in [4.78, 5) is 26.7. The van der Waals surface area contributed by atoms with Gasteiger partial charge in [-0.2, -0.15) is 5.10 Å². The zero-order valence-corrected chi connectivity index (χ0v) is 19.8. The second kappa shape index (κ2) is 9.79. The molecule has 0 spiro atoms. The van der Waals surface area contributed by atoms with Gasteiger partial charge in [-0.15, -0.1) is 0 Å². The summed E-state index contributed by atoms with van der Waals surface area (Å²) in [6.45, 7) is 2.54. The number of para-hydroxylation sites is 1. The lowest BCUT2D eigenvalue weighted by Crippen LogP contribution is -2.44. The number of benzene rings is 2. The molecular formula is C26H29ClN4O2. The van der Waals surface area contributed by atoms with Crippen LogP contribution in [0.2, 0.25) is 5.02 Å². The van der Waals surface area contributed by atoms with Gasteiger partial charge in [0.1, 0.15) is 0 Å². The van der Waals surface area contributed by atoms with Crippen LogP contribution in [0, 0.1) is 6.92 Å². The Kier molecular flexibility index (Phi) is 6.84. The first-order chi connectivity index (χ1) is 15.8. The smallest absolute Gasteiger partial charge is 0.222 e. The molecule has 1 saturated heterocycles. The first-order valence-corrected chi connectivity index (χ1v) is 11.6. The largest absolute Gasteiger partial charge is 0.350 e. The number of hydrogen-bond acceptors (Lipinski definition) is 3. The lowest BCUT2D eigenvalue weighted by atomic mass is 9.85. The number of halogens is 1. The normalized spacial score (nSPS) is 17.7. The van der Waals surface area contributed by atoms with Crippen molar-refractivity contribution >= 4 is 23.4 Å². The molecule has 2 aromatic carbocycles. The van der Waals surface area contributed by atoms with E-state index < -0.39 is 5.54 Å². The molecule has 0 radical (unpaired) electrons. The van der Waals surface area contributed by atoms with Crippen molar-refractivity contribution in [1.29, 1.82) is 0 Å². The molecule has 7 heteroatoms. The standard InChI is InChI=1S/C26H29ClN4O2/c1-19-5-3-4-6-23(19)31-18-21(16-28-31)17-30(2)25(33)12-14-26(13-11-24(32)29-26)15-20-7-9-22(27)10-8-20/h3-10,16,18H,11-15,17H2,1-2H3,(H,29,32)/t26-/m0/s1. The van der Waals surface area contributed by atoms with E-state index in [4.69, 9.17) is 11.6 Å². The highest BCUT2D eigenvalue weighted by Gasteiger charge is 2.38. The summed E-state index contributed by atoms with van der Waals surface area (Å²) in [7, 11) is 1.81. The Labute approximate surface area is 199 Å². The van der Waals surface area contributed by atoms with E-state index in [1.165, 1.54) is 0 Å². The fourth-order valence-corrected chi connectivity index (χ4v) is 4.59. The zero-order chi connectivity index (χ0) is 23.4. The van der Waals surface area contributed by atoms with Crippen molar-refractivity contribution in [3.63, 3.8) is 0 Å². The lowest BCUT2D eigenvalue weighted by molar-refractivity contribution is -0.131. The monoisotopic (exact) mass is 464 g/mol. The maximum Gasteiger partial charge on any atom is 0.222 e. The van der Waals surface area contributed by atoms with E-state index in [2.05, 4.69) is 10.4 Å². The Morgan fingerprint density at radius 2 is 1.94 bits per heavy atom. The van der Waals surface area contributed by atoms with Gasteiger partial charge < -0.3 is 10.2 Å². The summed E-state index contributed by atoms with van der Waals surface area (Å²) in [6, 6.07) is 15.7. The Bertz CT molecular complexity index is 1140. The third-order valence-corrected chi connectivity index (χ3v) is 6.60. The number of nitrogens with zero attached hydrogens (tertiary/aromatic N) is 3. The minimum atomic E-state index is -0.392. The minimum Gasteiger partial charge on any atom is -0.350 e. The van der Waals surface area contributed by atoms with Gasteiger partial charge in [-0.1, -0.05) is 41.9 Å². The predicted molar refractivity (Wildman–Crippen MR) is 129 cm³/mol. The van der Waals surface area contributed by atoms with E-state index in [0.717, 1.165) is 28.8 Å². The molecule has 0 bridgehead atoms. The number of carbonyl (C=O) groups excluding carboxylic acids is 2. The van der Waals surface area contributed by atoms with Crippen LogP contribution in [0.4, 0.5) is 0 Å². The van der Waals surface area contributed by atoms with E-state index in [-0.39, 0.29) is 11.8 Å². The molecule has 1 aromatic heterocycles. The molecule has 1 fully saturated rings. The zero-order valence-electron chi connectivity index (χ0n) is 19.1. The number of amides is 2. The third-order valence-electron chi connectivity index (χ3n) is 6.35. The summed E-state index contributed by atoms with van der Waals surface area (Å²) >= 11 is 6.01. The van der Waals surface area contributed by atoms with Gasteiger partial charge in [-0.25, -0.2) is 4.68 Å². The van der Waals surface area contributed by atoms with Gasteiger partial charge >= 0.3 is 0 Å². The Balaban J connectivity index is 1.37. The summed E-state index contributed by atoms with van der Waals surface area (Å²) in [5, 5.41) is 8.29. The number of carbonyl (C=O) groups is 2. The molecule has 172 valence electrons. The molecule has 0 unspecified atom stereocenters. The molecular weight excluding hydrogens is 436 g/mol. The van der Waals surface area contributed by atoms with Crippen LogP contribution in [0.5, 0.6) is 0 Å². The number of rotatable bonds is 8. The summed E-state index contributed by atoms with van der Waals surface area (Å²) in [5.74, 6) is 0.101. The van der Waals surface area contributed by atoms with Gasteiger partial charge in [0.2, 0.25) is 11.8 Å². The lowest BCUT2D eigenvalue weighted by Gasteiger charge is -2.30. The van der Waals surface area contributed by atoms with Crippen molar-refractivity contribution < 1.29 is 9.59 Å². The van der Waals surface area contributed by atoms with E-state index in [9.17, 15) is 9.59 Å². The molecule has 33 heavy (non-hydrogen) atoms. The second-order valence-corrected chi connectivity index (χ2v) is 9.40. The molecule has 1 aliphatic rings. The average Bonchev–Trinajstić information content (AvgIpc) is 3.41. The molecule has 1 aliphatic heterocycles. The maximum absolute atomic E-state index is 12.9. The van der Waals surface area contributed by atoms with Crippen LogP contribution in [-0.2, 0) is 22.6 Å². The molecule has 0 saturated carbocycles. The van der Waals surface area contributed by atoms with Crippen molar-refractivity contribution in [3.8, 4) is 5.69 Å². The van der Waals surface area contributed by atoms with Gasteiger partial charge in [0.25, 0.3) is 0 Å². The Morgan fingerprint density at radius 1 is 1.18 bits per heavy atom. The van der Waals surface area contributed by atoms with E-state index in [1.54, 1.807) is 11.1 Å². The molecule has 2 heterocycles. The Hall–Kier alpha value is -3.12. The molecule has 0 aliphatic carbocycles. The van der Waals surface area contributed by atoms with E-state index >= 15 is 0 Å². The molecule has 3 aromatic rings. The van der Waals surface area contributed by atoms with Crippen molar-refractivity contribution in [2.75, 3.05) is 7.05 Å². The van der Waals surface area contributed by atoms with Crippen LogP contribution in [0.3, 0.4) is 0 Å². The summed E-state index contributed by atoms with van der Waals surface area (Å²) in [5.41, 5.74) is 3.85. The highest BCUT2D eigenvalue weighted by molar-refractivity contribution is 6.30.